The Morgan fingerprint density at radius 1 is 1.43 bits per heavy atom. The number of carbonyl (C=O) groups is 1. The molecule has 2 aromatic rings. The third kappa shape index (κ3) is 4.22. The van der Waals surface area contributed by atoms with Crippen LogP contribution in [0.5, 0.6) is 0 Å². The van der Waals surface area contributed by atoms with Crippen molar-refractivity contribution in [1.29, 1.82) is 0 Å². The molecule has 23 heavy (non-hydrogen) atoms. The molecule has 0 saturated carbocycles. The number of rotatable bonds is 5. The predicted octanol–water partition coefficient (Wildman–Crippen LogP) is 0.482. The smallest absolute Gasteiger partial charge is 0.273 e. The molecule has 0 aliphatic heterocycles. The zero-order chi connectivity index (χ0) is 17.0. The van der Waals surface area contributed by atoms with E-state index in [-0.39, 0.29) is 30.3 Å². The van der Waals surface area contributed by atoms with Crippen LogP contribution in [0.25, 0.3) is 0 Å². The normalized spacial score (nSPS) is 11.5. The van der Waals surface area contributed by atoms with Gasteiger partial charge in [-0.05, 0) is 20.8 Å². The highest BCUT2D eigenvalue weighted by molar-refractivity contribution is 5.91. The van der Waals surface area contributed by atoms with Gasteiger partial charge in [-0.2, -0.15) is 0 Å². The zero-order valence-corrected chi connectivity index (χ0v) is 13.7. The summed E-state index contributed by atoms with van der Waals surface area (Å²) in [6, 6.07) is 0. The number of hydrogen-bond acceptors (Lipinski definition) is 7. The Labute approximate surface area is 134 Å². The molecule has 0 unspecified atom stereocenters. The number of amides is 1. The molecule has 0 aliphatic rings. The summed E-state index contributed by atoms with van der Waals surface area (Å²) < 4.78 is 6.58. The van der Waals surface area contributed by atoms with Gasteiger partial charge < -0.3 is 15.8 Å². The quantitative estimate of drug-likeness (QED) is 0.822. The summed E-state index contributed by atoms with van der Waals surface area (Å²) in [6.07, 6.45) is 3.18. The third-order valence-corrected chi connectivity index (χ3v) is 3.07. The molecule has 2 heterocycles. The summed E-state index contributed by atoms with van der Waals surface area (Å²) in [7, 11) is 1.55. The lowest BCUT2D eigenvalue weighted by Crippen LogP contribution is -2.25. The molecule has 2 rings (SSSR count). The molecule has 0 spiro atoms. The van der Waals surface area contributed by atoms with Crippen LogP contribution in [0.3, 0.4) is 0 Å². The second kappa shape index (κ2) is 6.69. The van der Waals surface area contributed by atoms with Crippen LogP contribution in [0.1, 0.15) is 42.6 Å². The number of hydrogen-bond donors (Lipinski definition) is 2. The van der Waals surface area contributed by atoms with Gasteiger partial charge in [0.2, 0.25) is 0 Å². The largest absolute Gasteiger partial charge is 0.383 e. The fourth-order valence-electron chi connectivity index (χ4n) is 1.75. The molecule has 9 heteroatoms. The van der Waals surface area contributed by atoms with Crippen LogP contribution in [0.2, 0.25) is 0 Å². The summed E-state index contributed by atoms with van der Waals surface area (Å²) in [5, 5.41) is 10.6. The van der Waals surface area contributed by atoms with Crippen molar-refractivity contribution in [3.8, 4) is 0 Å². The molecular formula is C14H21N7O2. The first kappa shape index (κ1) is 16.8. The lowest BCUT2D eigenvalue weighted by molar-refractivity contribution is 0.0946. The van der Waals surface area contributed by atoms with E-state index in [0.717, 1.165) is 0 Å². The predicted molar refractivity (Wildman–Crippen MR) is 83.3 cm³/mol. The zero-order valence-electron chi connectivity index (χ0n) is 13.7. The van der Waals surface area contributed by atoms with Crippen LogP contribution in [-0.4, -0.2) is 38.0 Å². The van der Waals surface area contributed by atoms with Gasteiger partial charge >= 0.3 is 0 Å². The maximum atomic E-state index is 12.1. The average molecular weight is 319 g/mol. The monoisotopic (exact) mass is 319 g/mol. The summed E-state index contributed by atoms with van der Waals surface area (Å²) in [4.78, 5) is 20.3. The minimum Gasteiger partial charge on any atom is -0.383 e. The van der Waals surface area contributed by atoms with Gasteiger partial charge in [0.15, 0.2) is 11.5 Å². The van der Waals surface area contributed by atoms with Crippen molar-refractivity contribution >= 4 is 11.7 Å². The molecule has 0 radical (unpaired) electrons. The SMILES string of the molecule is COCc1ncc(CNC(=O)c2cn(C(C)(C)C)nn2)c(N)n1. The standard InChI is InChI=1S/C14H21N7O2/c1-14(2,3)21-7-10(19-20-21)13(22)17-6-9-5-16-11(8-23-4)18-12(9)15/h5,7H,6,8H2,1-4H3,(H,17,22)(H2,15,16,18). The second-order valence-electron chi connectivity index (χ2n) is 6.03. The number of nitrogens with two attached hydrogens (primary N) is 1. The highest BCUT2D eigenvalue weighted by atomic mass is 16.5. The second-order valence-corrected chi connectivity index (χ2v) is 6.03. The van der Waals surface area contributed by atoms with Gasteiger partial charge in [-0.3, -0.25) is 4.79 Å². The molecule has 0 bridgehead atoms. The van der Waals surface area contributed by atoms with E-state index in [2.05, 4.69) is 25.6 Å². The van der Waals surface area contributed by atoms with Crippen molar-refractivity contribution < 1.29 is 9.53 Å². The van der Waals surface area contributed by atoms with Gasteiger partial charge in [0, 0.05) is 25.4 Å². The van der Waals surface area contributed by atoms with Crippen LogP contribution in [0.4, 0.5) is 5.82 Å². The Balaban J connectivity index is 2.00. The number of nitrogen functional groups attached to an aromatic ring is 1. The summed E-state index contributed by atoms with van der Waals surface area (Å²) in [6.45, 7) is 6.42. The number of nitrogens with zero attached hydrogens (tertiary/aromatic N) is 5. The van der Waals surface area contributed by atoms with Crippen molar-refractivity contribution in [1.82, 2.24) is 30.3 Å². The van der Waals surface area contributed by atoms with E-state index < -0.39 is 0 Å². The number of aromatic nitrogens is 5. The van der Waals surface area contributed by atoms with E-state index in [0.29, 0.717) is 17.2 Å². The highest BCUT2D eigenvalue weighted by Gasteiger charge is 2.18. The molecule has 9 nitrogen and oxygen atoms in total. The minimum atomic E-state index is -0.333. The van der Waals surface area contributed by atoms with Crippen molar-refractivity contribution in [2.45, 2.75) is 39.5 Å². The fourth-order valence-corrected chi connectivity index (χ4v) is 1.75. The van der Waals surface area contributed by atoms with Gasteiger partial charge in [-0.25, -0.2) is 14.6 Å². The Bertz CT molecular complexity index is 691. The van der Waals surface area contributed by atoms with E-state index in [1.54, 1.807) is 24.2 Å². The van der Waals surface area contributed by atoms with Gasteiger partial charge in [0.05, 0.1) is 11.7 Å². The Hall–Kier alpha value is -2.55. The highest BCUT2D eigenvalue weighted by Crippen LogP contribution is 2.12. The number of methoxy groups -OCH3 is 1. The first-order valence-electron chi connectivity index (χ1n) is 7.11. The summed E-state index contributed by atoms with van der Waals surface area (Å²) in [5.74, 6) is 0.472. The van der Waals surface area contributed by atoms with E-state index in [1.165, 1.54) is 0 Å². The minimum absolute atomic E-state index is 0.209. The molecule has 3 N–H and O–H groups in total. The number of ether oxygens (including phenoxy) is 1. The van der Waals surface area contributed by atoms with Crippen LogP contribution in [-0.2, 0) is 23.4 Å². The summed E-state index contributed by atoms with van der Waals surface area (Å²) >= 11 is 0. The van der Waals surface area contributed by atoms with Crippen molar-refractivity contribution in [3.05, 3.63) is 29.5 Å². The molecule has 0 aromatic carbocycles. The molecular weight excluding hydrogens is 298 g/mol. The van der Waals surface area contributed by atoms with Crippen molar-refractivity contribution in [2.75, 3.05) is 12.8 Å². The number of nitrogens with one attached hydrogen (secondary N) is 1. The van der Waals surface area contributed by atoms with Gasteiger partial charge in [0.25, 0.3) is 5.91 Å². The average Bonchev–Trinajstić information content (AvgIpc) is 2.96. The maximum absolute atomic E-state index is 12.1. The van der Waals surface area contributed by atoms with E-state index in [4.69, 9.17) is 10.5 Å². The lowest BCUT2D eigenvalue weighted by Gasteiger charge is -2.17. The van der Waals surface area contributed by atoms with Gasteiger partial charge in [-0.1, -0.05) is 5.21 Å². The van der Waals surface area contributed by atoms with E-state index >= 15 is 0 Å². The third-order valence-electron chi connectivity index (χ3n) is 3.07. The molecule has 0 atom stereocenters. The van der Waals surface area contributed by atoms with Crippen LogP contribution in [0, 0.1) is 0 Å². The van der Waals surface area contributed by atoms with Crippen molar-refractivity contribution in [3.63, 3.8) is 0 Å². The Morgan fingerprint density at radius 2 is 2.17 bits per heavy atom. The fraction of sp³-hybridized carbons (Fsp3) is 0.500. The van der Waals surface area contributed by atoms with Gasteiger partial charge in [0.1, 0.15) is 12.4 Å². The molecule has 0 fully saturated rings. The first-order valence-corrected chi connectivity index (χ1v) is 7.11. The van der Waals surface area contributed by atoms with Gasteiger partial charge in [-0.15, -0.1) is 5.10 Å². The first-order chi connectivity index (χ1) is 10.8. The topological polar surface area (TPSA) is 121 Å². The Kier molecular flexibility index (Phi) is 4.89. The summed E-state index contributed by atoms with van der Waals surface area (Å²) in [5.41, 5.74) is 6.48. The van der Waals surface area contributed by atoms with Crippen LogP contribution >= 0.6 is 0 Å². The van der Waals surface area contributed by atoms with Crippen molar-refractivity contribution in [2.24, 2.45) is 0 Å². The Morgan fingerprint density at radius 3 is 2.74 bits per heavy atom. The lowest BCUT2D eigenvalue weighted by atomic mass is 10.1. The van der Waals surface area contributed by atoms with Crippen LogP contribution < -0.4 is 11.1 Å². The maximum Gasteiger partial charge on any atom is 0.273 e. The molecule has 2 aromatic heterocycles. The van der Waals surface area contributed by atoms with E-state index in [9.17, 15) is 4.79 Å². The molecule has 0 aliphatic carbocycles. The van der Waals surface area contributed by atoms with E-state index in [1.807, 2.05) is 20.8 Å². The number of carbonyl (C=O) groups excluding carboxylic acids is 1. The van der Waals surface area contributed by atoms with Crippen LogP contribution in [0.15, 0.2) is 12.4 Å². The molecule has 124 valence electrons. The number of anilines is 1. The molecule has 0 saturated heterocycles. The molecule has 1 amide bonds.